The summed E-state index contributed by atoms with van der Waals surface area (Å²) in [7, 11) is 3.87. The molecule has 0 aliphatic heterocycles. The molecule has 0 saturated carbocycles. The second kappa shape index (κ2) is 6.54. The van der Waals surface area contributed by atoms with E-state index in [-0.39, 0.29) is 11.9 Å². The van der Waals surface area contributed by atoms with E-state index in [0.717, 1.165) is 5.76 Å². The van der Waals surface area contributed by atoms with Crippen molar-refractivity contribution in [3.8, 4) is 0 Å². The number of carbonyl (C=O) groups is 1. The number of carbonyl (C=O) groups excluding carboxylic acids is 1. The quantitative estimate of drug-likeness (QED) is 0.860. The largest absolute Gasteiger partial charge is 0.468 e. The molecule has 2 aromatic heterocycles. The first-order chi connectivity index (χ1) is 9.58. The van der Waals surface area contributed by atoms with Gasteiger partial charge in [0.15, 0.2) is 0 Å². The molecule has 1 unspecified atom stereocenters. The van der Waals surface area contributed by atoms with Gasteiger partial charge in [-0.2, -0.15) is 0 Å². The van der Waals surface area contributed by atoms with Crippen LogP contribution in [0.5, 0.6) is 0 Å². The molecular formula is C14H16ClN3O2. The van der Waals surface area contributed by atoms with Gasteiger partial charge in [0.2, 0.25) is 0 Å². The van der Waals surface area contributed by atoms with E-state index in [2.05, 4.69) is 10.3 Å². The van der Waals surface area contributed by atoms with Crippen molar-refractivity contribution in [3.63, 3.8) is 0 Å². The van der Waals surface area contributed by atoms with Crippen LogP contribution in [0.4, 0.5) is 0 Å². The third kappa shape index (κ3) is 3.59. The van der Waals surface area contributed by atoms with E-state index in [9.17, 15) is 4.79 Å². The summed E-state index contributed by atoms with van der Waals surface area (Å²) in [4.78, 5) is 17.9. The highest BCUT2D eigenvalue weighted by Crippen LogP contribution is 2.17. The van der Waals surface area contributed by atoms with Gasteiger partial charge in [-0.3, -0.25) is 9.69 Å². The van der Waals surface area contributed by atoms with Gasteiger partial charge in [-0.1, -0.05) is 11.6 Å². The number of furan rings is 1. The molecule has 0 bridgehead atoms. The van der Waals surface area contributed by atoms with Gasteiger partial charge in [-0.25, -0.2) is 4.98 Å². The molecule has 2 rings (SSSR count). The molecule has 1 N–H and O–H groups in total. The first-order valence-electron chi connectivity index (χ1n) is 6.17. The monoisotopic (exact) mass is 293 g/mol. The average Bonchev–Trinajstić information content (AvgIpc) is 2.93. The Morgan fingerprint density at radius 3 is 2.80 bits per heavy atom. The van der Waals surface area contributed by atoms with Crippen LogP contribution >= 0.6 is 11.6 Å². The minimum absolute atomic E-state index is 0.0193. The SMILES string of the molecule is CN(C)C(CNC(=O)c1ccc(Cl)nc1)c1ccco1. The Morgan fingerprint density at radius 1 is 1.45 bits per heavy atom. The fraction of sp³-hybridized carbons (Fsp3) is 0.286. The normalized spacial score (nSPS) is 12.4. The van der Waals surface area contributed by atoms with Crippen LogP contribution in [-0.4, -0.2) is 36.4 Å². The van der Waals surface area contributed by atoms with Crippen molar-refractivity contribution in [2.75, 3.05) is 20.6 Å². The van der Waals surface area contributed by atoms with Crippen molar-refractivity contribution in [1.29, 1.82) is 0 Å². The van der Waals surface area contributed by atoms with E-state index >= 15 is 0 Å². The highest BCUT2D eigenvalue weighted by atomic mass is 35.5. The Labute approximate surface area is 122 Å². The predicted molar refractivity (Wildman–Crippen MR) is 76.7 cm³/mol. The number of aromatic nitrogens is 1. The Morgan fingerprint density at radius 2 is 2.25 bits per heavy atom. The first-order valence-corrected chi connectivity index (χ1v) is 6.55. The summed E-state index contributed by atoms with van der Waals surface area (Å²) < 4.78 is 5.39. The fourth-order valence-corrected chi connectivity index (χ4v) is 1.93. The molecular weight excluding hydrogens is 278 g/mol. The number of pyridine rings is 1. The van der Waals surface area contributed by atoms with Crippen LogP contribution in [0, 0.1) is 0 Å². The van der Waals surface area contributed by atoms with Crippen LogP contribution < -0.4 is 5.32 Å². The van der Waals surface area contributed by atoms with Gasteiger partial charge in [-0.15, -0.1) is 0 Å². The molecule has 0 aliphatic rings. The van der Waals surface area contributed by atoms with Crippen LogP contribution in [0.15, 0.2) is 41.1 Å². The van der Waals surface area contributed by atoms with Gasteiger partial charge in [0.05, 0.1) is 17.9 Å². The molecule has 0 aromatic carbocycles. The molecule has 0 radical (unpaired) electrons. The molecule has 106 valence electrons. The molecule has 0 fully saturated rings. The smallest absolute Gasteiger partial charge is 0.252 e. The average molecular weight is 294 g/mol. The van der Waals surface area contributed by atoms with E-state index in [4.69, 9.17) is 16.0 Å². The first kappa shape index (κ1) is 14.6. The molecule has 2 aromatic rings. The third-order valence-corrected chi connectivity index (χ3v) is 3.16. The molecule has 0 spiro atoms. The highest BCUT2D eigenvalue weighted by molar-refractivity contribution is 6.29. The van der Waals surface area contributed by atoms with Gasteiger partial charge < -0.3 is 9.73 Å². The second-order valence-electron chi connectivity index (χ2n) is 4.57. The topological polar surface area (TPSA) is 58.4 Å². The van der Waals surface area contributed by atoms with E-state index in [0.29, 0.717) is 17.3 Å². The van der Waals surface area contributed by atoms with Gasteiger partial charge in [0, 0.05) is 12.7 Å². The lowest BCUT2D eigenvalue weighted by atomic mass is 10.2. The van der Waals surface area contributed by atoms with Gasteiger partial charge in [0.1, 0.15) is 10.9 Å². The Hall–Kier alpha value is -1.85. The Kier molecular flexibility index (Phi) is 4.76. The van der Waals surface area contributed by atoms with Crippen molar-refractivity contribution in [2.45, 2.75) is 6.04 Å². The number of nitrogens with one attached hydrogen (secondary N) is 1. The van der Waals surface area contributed by atoms with Crippen LogP contribution in [0.25, 0.3) is 0 Å². The summed E-state index contributed by atoms with van der Waals surface area (Å²) in [6.45, 7) is 0.446. The number of nitrogens with zero attached hydrogens (tertiary/aromatic N) is 2. The number of rotatable bonds is 5. The molecule has 0 aliphatic carbocycles. The molecule has 0 saturated heterocycles. The zero-order valence-electron chi connectivity index (χ0n) is 11.3. The number of hydrogen-bond donors (Lipinski definition) is 1. The standard InChI is InChI=1S/C14H16ClN3O2/c1-18(2)11(12-4-3-7-20-12)9-17-14(19)10-5-6-13(15)16-8-10/h3-8,11H,9H2,1-2H3,(H,17,19). The maximum absolute atomic E-state index is 12.0. The summed E-state index contributed by atoms with van der Waals surface area (Å²) in [5.41, 5.74) is 0.478. The van der Waals surface area contributed by atoms with Crippen molar-refractivity contribution >= 4 is 17.5 Å². The van der Waals surface area contributed by atoms with E-state index in [1.165, 1.54) is 6.20 Å². The van der Waals surface area contributed by atoms with Crippen LogP contribution in [0.3, 0.4) is 0 Å². The van der Waals surface area contributed by atoms with Crippen LogP contribution in [0.2, 0.25) is 5.15 Å². The molecule has 20 heavy (non-hydrogen) atoms. The number of amides is 1. The molecule has 1 atom stereocenters. The summed E-state index contributed by atoms with van der Waals surface area (Å²) in [6.07, 6.45) is 3.08. The van der Waals surface area contributed by atoms with E-state index < -0.39 is 0 Å². The summed E-state index contributed by atoms with van der Waals surface area (Å²) in [6, 6.07) is 6.93. The van der Waals surface area contributed by atoms with Crippen molar-refractivity contribution in [2.24, 2.45) is 0 Å². The van der Waals surface area contributed by atoms with Crippen molar-refractivity contribution in [1.82, 2.24) is 15.2 Å². The maximum Gasteiger partial charge on any atom is 0.252 e. The maximum atomic E-state index is 12.0. The number of likely N-dealkylation sites (N-methyl/N-ethyl adjacent to an activating group) is 1. The van der Waals surface area contributed by atoms with Crippen LogP contribution in [-0.2, 0) is 0 Å². The molecule has 6 heteroatoms. The van der Waals surface area contributed by atoms with Gasteiger partial charge in [0.25, 0.3) is 5.91 Å². The summed E-state index contributed by atoms with van der Waals surface area (Å²) in [5, 5.41) is 3.23. The lowest BCUT2D eigenvalue weighted by Crippen LogP contribution is -2.34. The minimum Gasteiger partial charge on any atom is -0.468 e. The fourth-order valence-electron chi connectivity index (χ4n) is 1.82. The predicted octanol–water partition coefficient (Wildman–Crippen LogP) is 2.36. The third-order valence-electron chi connectivity index (χ3n) is 2.94. The van der Waals surface area contributed by atoms with Crippen molar-refractivity contribution in [3.05, 3.63) is 53.2 Å². The van der Waals surface area contributed by atoms with Crippen LogP contribution in [0.1, 0.15) is 22.2 Å². The number of halogens is 1. The Balaban J connectivity index is 1.99. The molecule has 5 nitrogen and oxygen atoms in total. The van der Waals surface area contributed by atoms with Gasteiger partial charge in [-0.05, 0) is 38.4 Å². The zero-order valence-corrected chi connectivity index (χ0v) is 12.1. The lowest BCUT2D eigenvalue weighted by Gasteiger charge is -2.22. The highest BCUT2D eigenvalue weighted by Gasteiger charge is 2.18. The summed E-state index contributed by atoms with van der Waals surface area (Å²) in [5.74, 6) is 0.622. The number of hydrogen-bond acceptors (Lipinski definition) is 4. The minimum atomic E-state index is -0.187. The second-order valence-corrected chi connectivity index (χ2v) is 4.96. The van der Waals surface area contributed by atoms with E-state index in [1.54, 1.807) is 18.4 Å². The lowest BCUT2D eigenvalue weighted by molar-refractivity contribution is 0.0938. The summed E-state index contributed by atoms with van der Waals surface area (Å²) >= 11 is 5.69. The van der Waals surface area contributed by atoms with E-state index in [1.807, 2.05) is 31.1 Å². The Bertz CT molecular complexity index is 552. The van der Waals surface area contributed by atoms with Gasteiger partial charge >= 0.3 is 0 Å². The van der Waals surface area contributed by atoms with Crippen molar-refractivity contribution < 1.29 is 9.21 Å². The molecule has 2 heterocycles. The molecule has 1 amide bonds. The zero-order chi connectivity index (χ0) is 14.5.